The molecule has 0 aromatic heterocycles. The second-order valence-corrected chi connectivity index (χ2v) is 10.1. The maximum absolute atomic E-state index is 14.2. The number of halogens is 1. The molecular weight excluding hydrogens is 321 g/mol. The average Bonchev–Trinajstić information content (AvgIpc) is 2.53. The Labute approximate surface area is 159 Å². The maximum Gasteiger partial charge on any atom is 0.123 e. The van der Waals surface area contributed by atoms with E-state index in [4.69, 9.17) is 0 Å². The van der Waals surface area contributed by atoms with Crippen LogP contribution in [0.5, 0.6) is 0 Å². The van der Waals surface area contributed by atoms with Crippen LogP contribution in [0.1, 0.15) is 83.8 Å². The van der Waals surface area contributed by atoms with Gasteiger partial charge in [0.05, 0.1) is 0 Å². The van der Waals surface area contributed by atoms with Crippen LogP contribution < -0.4 is 0 Å². The lowest BCUT2D eigenvalue weighted by molar-refractivity contribution is 0.0967. The van der Waals surface area contributed by atoms with Gasteiger partial charge in [0.2, 0.25) is 0 Å². The number of nitrogens with zero attached hydrogens (tertiary/aromatic N) is 1. The predicted molar refractivity (Wildman–Crippen MR) is 110 cm³/mol. The molecule has 0 spiro atoms. The minimum absolute atomic E-state index is 0.0889. The molecule has 3 rings (SSSR count). The summed E-state index contributed by atoms with van der Waals surface area (Å²) >= 11 is 0. The zero-order valence-electron chi connectivity index (χ0n) is 17.4. The zero-order valence-corrected chi connectivity index (χ0v) is 17.4. The quantitative estimate of drug-likeness (QED) is 0.583. The molecular formula is C24H36FN. The minimum atomic E-state index is -0.0889. The number of benzene rings is 1. The molecule has 1 aromatic rings. The van der Waals surface area contributed by atoms with Crippen molar-refractivity contribution in [2.45, 2.75) is 72.6 Å². The monoisotopic (exact) mass is 357 g/mol. The Morgan fingerprint density at radius 3 is 2.38 bits per heavy atom. The van der Waals surface area contributed by atoms with Crippen LogP contribution in [-0.2, 0) is 0 Å². The zero-order chi connectivity index (χ0) is 18.9. The molecule has 1 heterocycles. The fourth-order valence-corrected chi connectivity index (χ4v) is 5.70. The SMILES string of the molecule is CCCN1CC=C(c2ccc(F)cc2C2CC(C)(C)CC(C)(C)C2)CC1. The first-order valence-corrected chi connectivity index (χ1v) is 10.4. The second kappa shape index (κ2) is 7.46. The lowest BCUT2D eigenvalue weighted by Gasteiger charge is -2.45. The van der Waals surface area contributed by atoms with Crippen molar-refractivity contribution in [3.05, 3.63) is 41.2 Å². The summed E-state index contributed by atoms with van der Waals surface area (Å²) in [5.41, 5.74) is 4.61. The molecule has 0 atom stereocenters. The summed E-state index contributed by atoms with van der Waals surface area (Å²) in [6.07, 6.45) is 8.23. The van der Waals surface area contributed by atoms with Crippen LogP contribution in [0.3, 0.4) is 0 Å². The summed E-state index contributed by atoms with van der Waals surface area (Å²) in [5.74, 6) is 0.364. The van der Waals surface area contributed by atoms with Crippen LogP contribution in [0.4, 0.5) is 4.39 Å². The Bertz CT molecular complexity index is 655. The lowest BCUT2D eigenvalue weighted by atomic mass is 9.59. The molecule has 1 nitrogen and oxygen atoms in total. The highest BCUT2D eigenvalue weighted by Gasteiger charge is 2.39. The molecule has 1 aliphatic heterocycles. The first kappa shape index (κ1) is 19.6. The van der Waals surface area contributed by atoms with Crippen molar-refractivity contribution in [2.75, 3.05) is 19.6 Å². The first-order chi connectivity index (χ1) is 12.2. The molecule has 1 saturated carbocycles. The molecule has 0 radical (unpaired) electrons. The Morgan fingerprint density at radius 1 is 1.12 bits per heavy atom. The molecule has 1 fully saturated rings. The number of hydrogen-bond acceptors (Lipinski definition) is 1. The van der Waals surface area contributed by atoms with Gasteiger partial charge in [-0.25, -0.2) is 4.39 Å². The van der Waals surface area contributed by atoms with Crippen molar-refractivity contribution in [3.63, 3.8) is 0 Å². The van der Waals surface area contributed by atoms with Crippen molar-refractivity contribution in [1.82, 2.24) is 4.90 Å². The van der Waals surface area contributed by atoms with Crippen LogP contribution in [0, 0.1) is 16.6 Å². The Kier molecular flexibility index (Phi) is 5.63. The van der Waals surface area contributed by atoms with E-state index in [1.165, 1.54) is 36.1 Å². The molecule has 26 heavy (non-hydrogen) atoms. The number of rotatable bonds is 4. The molecule has 0 unspecified atom stereocenters. The van der Waals surface area contributed by atoms with Gasteiger partial charge in [0.15, 0.2) is 0 Å². The average molecular weight is 358 g/mol. The van der Waals surface area contributed by atoms with E-state index in [-0.39, 0.29) is 5.82 Å². The fourth-order valence-electron chi connectivity index (χ4n) is 5.70. The van der Waals surface area contributed by atoms with E-state index in [0.717, 1.165) is 32.4 Å². The van der Waals surface area contributed by atoms with Gasteiger partial charge in [-0.15, -0.1) is 0 Å². The highest BCUT2D eigenvalue weighted by atomic mass is 19.1. The van der Waals surface area contributed by atoms with E-state index in [1.54, 1.807) is 6.07 Å². The van der Waals surface area contributed by atoms with Crippen LogP contribution in [-0.4, -0.2) is 24.5 Å². The van der Waals surface area contributed by atoms with Gasteiger partial charge in [-0.2, -0.15) is 0 Å². The third kappa shape index (κ3) is 4.57. The van der Waals surface area contributed by atoms with E-state index in [1.807, 2.05) is 12.1 Å². The minimum Gasteiger partial charge on any atom is -0.299 e. The number of hydrogen-bond donors (Lipinski definition) is 0. The van der Waals surface area contributed by atoms with Crippen molar-refractivity contribution < 1.29 is 4.39 Å². The molecule has 1 aliphatic carbocycles. The highest BCUT2D eigenvalue weighted by Crippen LogP contribution is 2.52. The normalized spacial score (nSPS) is 23.7. The highest BCUT2D eigenvalue weighted by molar-refractivity contribution is 5.70. The topological polar surface area (TPSA) is 3.24 Å². The van der Waals surface area contributed by atoms with Gasteiger partial charge in [-0.3, -0.25) is 4.90 Å². The summed E-state index contributed by atoms with van der Waals surface area (Å²) in [6, 6.07) is 5.52. The van der Waals surface area contributed by atoms with Crippen LogP contribution >= 0.6 is 0 Å². The Balaban J connectivity index is 1.92. The van der Waals surface area contributed by atoms with E-state index in [0.29, 0.717) is 16.7 Å². The van der Waals surface area contributed by atoms with E-state index >= 15 is 0 Å². The second-order valence-electron chi connectivity index (χ2n) is 10.1. The van der Waals surface area contributed by atoms with Gasteiger partial charge in [0.1, 0.15) is 5.82 Å². The smallest absolute Gasteiger partial charge is 0.123 e. The lowest BCUT2D eigenvalue weighted by Crippen LogP contribution is -2.33. The van der Waals surface area contributed by atoms with Crippen LogP contribution in [0.2, 0.25) is 0 Å². The van der Waals surface area contributed by atoms with Gasteiger partial charge in [-0.05, 0) is 84.2 Å². The fraction of sp³-hybridized carbons (Fsp3) is 0.667. The van der Waals surface area contributed by atoms with Crippen molar-refractivity contribution >= 4 is 5.57 Å². The largest absolute Gasteiger partial charge is 0.299 e. The molecule has 144 valence electrons. The Morgan fingerprint density at radius 2 is 1.81 bits per heavy atom. The summed E-state index contributed by atoms with van der Waals surface area (Å²) in [5, 5.41) is 0. The van der Waals surface area contributed by atoms with Crippen molar-refractivity contribution in [1.29, 1.82) is 0 Å². The molecule has 0 N–H and O–H groups in total. The van der Waals surface area contributed by atoms with Crippen LogP contribution in [0.25, 0.3) is 5.57 Å². The van der Waals surface area contributed by atoms with Gasteiger partial charge < -0.3 is 0 Å². The third-order valence-electron chi connectivity index (χ3n) is 6.19. The van der Waals surface area contributed by atoms with Gasteiger partial charge >= 0.3 is 0 Å². The molecule has 0 amide bonds. The molecule has 2 heteroatoms. The molecule has 1 aromatic carbocycles. The van der Waals surface area contributed by atoms with Gasteiger partial charge in [0.25, 0.3) is 0 Å². The summed E-state index contributed by atoms with van der Waals surface area (Å²) in [4.78, 5) is 2.51. The standard InChI is InChI=1S/C24H36FN/c1-6-11-26-12-9-18(10-13-26)21-8-7-20(25)14-22(21)19-15-23(2,3)17-24(4,5)16-19/h7-9,14,19H,6,10-13,15-17H2,1-5H3. The van der Waals surface area contributed by atoms with E-state index in [2.05, 4.69) is 45.6 Å². The summed E-state index contributed by atoms with van der Waals surface area (Å²) in [6.45, 7) is 15.1. The van der Waals surface area contributed by atoms with Crippen LogP contribution in [0.15, 0.2) is 24.3 Å². The predicted octanol–water partition coefficient (Wildman–Crippen LogP) is 6.64. The molecule has 2 aliphatic rings. The van der Waals surface area contributed by atoms with E-state index in [9.17, 15) is 4.39 Å². The molecule has 0 saturated heterocycles. The maximum atomic E-state index is 14.2. The van der Waals surface area contributed by atoms with Gasteiger partial charge in [-0.1, -0.05) is 46.8 Å². The Hall–Kier alpha value is -1.15. The summed E-state index contributed by atoms with van der Waals surface area (Å²) in [7, 11) is 0. The summed E-state index contributed by atoms with van der Waals surface area (Å²) < 4.78 is 14.2. The third-order valence-corrected chi connectivity index (χ3v) is 6.19. The van der Waals surface area contributed by atoms with Gasteiger partial charge in [0, 0.05) is 13.1 Å². The van der Waals surface area contributed by atoms with Crippen molar-refractivity contribution in [3.8, 4) is 0 Å². The first-order valence-electron chi connectivity index (χ1n) is 10.4. The van der Waals surface area contributed by atoms with E-state index < -0.39 is 0 Å². The van der Waals surface area contributed by atoms with Crippen molar-refractivity contribution in [2.24, 2.45) is 10.8 Å². The molecule has 0 bridgehead atoms.